The highest BCUT2D eigenvalue weighted by Crippen LogP contribution is 2.33. The number of hydrogen-bond donors (Lipinski definition) is 0. The summed E-state index contributed by atoms with van der Waals surface area (Å²) in [6.07, 6.45) is 5.97. The molecule has 31 heavy (non-hydrogen) atoms. The molecule has 6 nitrogen and oxygen atoms in total. The van der Waals surface area contributed by atoms with E-state index in [1.807, 2.05) is 6.07 Å². The van der Waals surface area contributed by atoms with Crippen LogP contribution >= 0.6 is 0 Å². The smallest absolute Gasteiger partial charge is 0.263 e. The van der Waals surface area contributed by atoms with Crippen LogP contribution in [0.3, 0.4) is 0 Å². The zero-order valence-electron chi connectivity index (χ0n) is 17.2. The van der Waals surface area contributed by atoms with Gasteiger partial charge in [0.2, 0.25) is 0 Å². The topological polar surface area (TPSA) is 64.3 Å². The Bertz CT molecular complexity index is 1300. The van der Waals surface area contributed by atoms with Gasteiger partial charge in [-0.1, -0.05) is 0 Å². The van der Waals surface area contributed by atoms with Crippen molar-refractivity contribution in [3.05, 3.63) is 97.6 Å². The van der Waals surface area contributed by atoms with E-state index in [2.05, 4.69) is 0 Å². The van der Waals surface area contributed by atoms with Crippen LogP contribution in [-0.4, -0.2) is 26.5 Å². The van der Waals surface area contributed by atoms with Crippen LogP contribution in [-0.2, 0) is 13.0 Å². The van der Waals surface area contributed by atoms with Crippen molar-refractivity contribution in [1.82, 2.24) is 14.0 Å². The number of aryl methyl sites for hydroxylation is 1. The zero-order chi connectivity index (χ0) is 21.7. The number of carbonyl (C=O) groups is 1. The number of aromatic nitrogens is 2. The summed E-state index contributed by atoms with van der Waals surface area (Å²) in [5.74, 6) is -0.649. The van der Waals surface area contributed by atoms with Crippen LogP contribution in [0.25, 0.3) is 5.69 Å². The minimum atomic E-state index is -0.374. The van der Waals surface area contributed by atoms with Crippen LogP contribution in [0.2, 0.25) is 0 Å². The van der Waals surface area contributed by atoms with Crippen molar-refractivity contribution in [3.63, 3.8) is 0 Å². The molecule has 0 bridgehead atoms. The van der Waals surface area contributed by atoms with Crippen LogP contribution in [0, 0.1) is 12.7 Å². The van der Waals surface area contributed by atoms with Gasteiger partial charge in [-0.15, -0.1) is 0 Å². The van der Waals surface area contributed by atoms with Gasteiger partial charge in [0.05, 0.1) is 0 Å². The van der Waals surface area contributed by atoms with E-state index in [1.165, 1.54) is 16.7 Å². The molecule has 0 unspecified atom stereocenters. The van der Waals surface area contributed by atoms with Crippen molar-refractivity contribution in [2.24, 2.45) is 0 Å². The van der Waals surface area contributed by atoms with Gasteiger partial charge in [0, 0.05) is 43.3 Å². The van der Waals surface area contributed by atoms with Crippen molar-refractivity contribution in [2.45, 2.75) is 38.8 Å². The van der Waals surface area contributed by atoms with Gasteiger partial charge in [-0.2, -0.15) is 0 Å². The zero-order valence-corrected chi connectivity index (χ0v) is 17.2. The van der Waals surface area contributed by atoms with E-state index >= 15 is 0 Å². The predicted molar refractivity (Wildman–Crippen MR) is 114 cm³/mol. The lowest BCUT2D eigenvalue weighted by Gasteiger charge is -2.29. The molecule has 1 aromatic carbocycles. The van der Waals surface area contributed by atoms with Gasteiger partial charge in [-0.25, -0.2) is 4.39 Å². The lowest BCUT2D eigenvalue weighted by molar-refractivity contribution is 0.0731. The van der Waals surface area contributed by atoms with E-state index in [1.54, 1.807) is 47.0 Å². The van der Waals surface area contributed by atoms with Crippen LogP contribution in [0.5, 0.6) is 0 Å². The third-order valence-corrected chi connectivity index (χ3v) is 6.12. The normalized spacial score (nSPS) is 15.6. The molecular formula is C24H22FN3O3. The second-order valence-corrected chi connectivity index (χ2v) is 8.30. The molecule has 2 aliphatic rings. The highest BCUT2D eigenvalue weighted by molar-refractivity contribution is 5.95. The van der Waals surface area contributed by atoms with Crippen molar-refractivity contribution >= 4 is 5.91 Å². The molecule has 7 heteroatoms. The van der Waals surface area contributed by atoms with Crippen molar-refractivity contribution in [1.29, 1.82) is 0 Å². The molecule has 1 amide bonds. The number of rotatable bonds is 3. The minimum absolute atomic E-state index is 0.198. The second kappa shape index (κ2) is 7.34. The molecular weight excluding hydrogens is 397 g/mol. The van der Waals surface area contributed by atoms with Gasteiger partial charge in [0.15, 0.2) is 0 Å². The summed E-state index contributed by atoms with van der Waals surface area (Å²) in [7, 11) is 0. The molecule has 1 fully saturated rings. The number of hydrogen-bond acceptors (Lipinski definition) is 3. The van der Waals surface area contributed by atoms with Crippen LogP contribution in [0.15, 0.2) is 58.4 Å². The van der Waals surface area contributed by atoms with Gasteiger partial charge in [0.25, 0.3) is 17.0 Å². The number of pyridine rings is 2. The summed E-state index contributed by atoms with van der Waals surface area (Å²) in [6, 6.07) is 9.31. The van der Waals surface area contributed by atoms with Crippen molar-refractivity contribution in [2.75, 3.05) is 6.54 Å². The van der Waals surface area contributed by atoms with Crippen LogP contribution in [0.4, 0.5) is 4.39 Å². The second-order valence-electron chi connectivity index (χ2n) is 8.30. The van der Waals surface area contributed by atoms with Crippen molar-refractivity contribution < 1.29 is 9.18 Å². The monoisotopic (exact) mass is 419 g/mol. The standard InChI is InChI=1S/C24H22FN3O3/c1-15-8-11-27(19-6-7-19)24(31)22(15)23(30)26-10-9-16-12-21(29)28(14-17(16)13-26)20-4-2-18(25)3-5-20/h2-5,8,11-12,14,19H,6-7,9-10,13H2,1H3. The first kappa shape index (κ1) is 19.5. The largest absolute Gasteiger partial charge is 0.334 e. The fourth-order valence-corrected chi connectivity index (χ4v) is 4.21. The number of halogens is 1. The van der Waals surface area contributed by atoms with Crippen LogP contribution < -0.4 is 11.1 Å². The molecule has 1 aliphatic heterocycles. The number of amides is 1. The maximum Gasteiger partial charge on any atom is 0.263 e. The first-order chi connectivity index (χ1) is 14.9. The fourth-order valence-electron chi connectivity index (χ4n) is 4.21. The molecule has 0 radical (unpaired) electrons. The quantitative estimate of drug-likeness (QED) is 0.656. The van der Waals surface area contributed by atoms with Gasteiger partial charge in [0.1, 0.15) is 11.4 Å². The summed E-state index contributed by atoms with van der Waals surface area (Å²) in [6.45, 7) is 2.55. The molecule has 3 heterocycles. The SMILES string of the molecule is Cc1ccn(C2CC2)c(=O)c1C(=O)N1CCc2cc(=O)n(-c3ccc(F)cc3)cc2C1. The van der Waals surface area contributed by atoms with E-state index < -0.39 is 0 Å². The number of nitrogens with zero attached hydrogens (tertiary/aromatic N) is 3. The third kappa shape index (κ3) is 3.50. The first-order valence-electron chi connectivity index (χ1n) is 10.4. The molecule has 0 atom stereocenters. The molecule has 0 spiro atoms. The summed E-state index contributed by atoms with van der Waals surface area (Å²) in [5, 5.41) is 0. The van der Waals surface area contributed by atoms with E-state index in [4.69, 9.17) is 0 Å². The maximum atomic E-state index is 13.3. The van der Waals surface area contributed by atoms with Gasteiger partial charge in [-0.3, -0.25) is 19.0 Å². The van der Waals surface area contributed by atoms with Crippen LogP contribution in [0.1, 0.15) is 45.9 Å². The Labute approximate surface area is 178 Å². The Balaban J connectivity index is 1.48. The molecule has 5 rings (SSSR count). The Kier molecular flexibility index (Phi) is 4.61. The Morgan fingerprint density at radius 3 is 2.52 bits per heavy atom. The number of carbonyl (C=O) groups excluding carboxylic acids is 1. The summed E-state index contributed by atoms with van der Waals surface area (Å²) in [4.78, 5) is 40.5. The van der Waals surface area contributed by atoms with E-state index in [9.17, 15) is 18.8 Å². The molecule has 0 saturated heterocycles. The van der Waals surface area contributed by atoms with Crippen molar-refractivity contribution in [3.8, 4) is 5.69 Å². The lowest BCUT2D eigenvalue weighted by Crippen LogP contribution is -2.41. The number of benzene rings is 1. The van der Waals surface area contributed by atoms with E-state index in [0.29, 0.717) is 30.8 Å². The van der Waals surface area contributed by atoms with E-state index in [0.717, 1.165) is 24.0 Å². The summed E-state index contributed by atoms with van der Waals surface area (Å²) < 4.78 is 16.4. The molecule has 3 aromatic rings. The third-order valence-electron chi connectivity index (χ3n) is 6.12. The number of fused-ring (bicyclic) bond motifs is 1. The van der Waals surface area contributed by atoms with E-state index in [-0.39, 0.29) is 34.4 Å². The highest BCUT2D eigenvalue weighted by Gasteiger charge is 2.30. The fraction of sp³-hybridized carbons (Fsp3) is 0.292. The minimum Gasteiger partial charge on any atom is -0.334 e. The summed E-state index contributed by atoms with van der Waals surface area (Å²) in [5.41, 5.74) is 2.78. The molecule has 1 saturated carbocycles. The van der Waals surface area contributed by atoms with Gasteiger partial charge >= 0.3 is 0 Å². The Morgan fingerprint density at radius 2 is 1.81 bits per heavy atom. The average Bonchev–Trinajstić information content (AvgIpc) is 3.59. The highest BCUT2D eigenvalue weighted by atomic mass is 19.1. The lowest BCUT2D eigenvalue weighted by atomic mass is 10.0. The molecule has 0 N–H and O–H groups in total. The summed E-state index contributed by atoms with van der Waals surface area (Å²) >= 11 is 0. The average molecular weight is 419 g/mol. The molecule has 158 valence electrons. The van der Waals surface area contributed by atoms with Gasteiger partial charge in [-0.05, 0) is 73.2 Å². The molecule has 1 aliphatic carbocycles. The van der Waals surface area contributed by atoms with Gasteiger partial charge < -0.3 is 9.47 Å². The predicted octanol–water partition coefficient (Wildman–Crippen LogP) is 2.98. The Hall–Kier alpha value is -3.48. The Morgan fingerprint density at radius 1 is 1.06 bits per heavy atom. The first-order valence-corrected chi connectivity index (χ1v) is 10.4. The maximum absolute atomic E-state index is 13.3. The molecule has 2 aromatic heterocycles.